The molecule has 0 amide bonds. The number of hydrogen-bond acceptors (Lipinski definition) is 0. The van der Waals surface area contributed by atoms with Gasteiger partial charge in [0.15, 0.2) is 0 Å². The van der Waals surface area contributed by atoms with Gasteiger partial charge in [0.1, 0.15) is 0 Å². The van der Waals surface area contributed by atoms with E-state index in [1.165, 1.54) is 134 Å². The second-order valence-corrected chi connectivity index (χ2v) is 15.5. The standard InChI is InChI=1S/C38H66/c1-7-10-31(15-16-32-14-13-27(3)21-32)22-28(4)25-36-20-19-34-18-17-33(26-38(34)37(36)8-2)23-29(5)24-35-12-9-11-30(35)6/h28,30-38H,3,5,7-26H2,1-2,4,6H3/t28-,30-,31?,32?,33?,34-,35?,36?,37?,38?/m1/s1. The lowest BCUT2D eigenvalue weighted by Crippen LogP contribution is -2.39. The Balaban J connectivity index is 1.26. The molecule has 4 rings (SSSR count). The first-order valence-electron chi connectivity index (χ1n) is 17.7. The molecule has 0 heterocycles. The van der Waals surface area contributed by atoms with Crippen LogP contribution in [0.25, 0.3) is 0 Å². The van der Waals surface area contributed by atoms with Crippen molar-refractivity contribution in [3.63, 3.8) is 0 Å². The smallest absolute Gasteiger partial charge is 0.0292 e. The fourth-order valence-electron chi connectivity index (χ4n) is 10.4. The molecule has 4 saturated carbocycles. The van der Waals surface area contributed by atoms with Gasteiger partial charge in [0, 0.05) is 0 Å². The van der Waals surface area contributed by atoms with Crippen molar-refractivity contribution in [2.24, 2.45) is 59.2 Å². The summed E-state index contributed by atoms with van der Waals surface area (Å²) in [6.45, 7) is 18.9. The van der Waals surface area contributed by atoms with E-state index in [9.17, 15) is 0 Å². The van der Waals surface area contributed by atoms with Crippen LogP contribution in [0.4, 0.5) is 0 Å². The SMILES string of the molecule is C=C1CCC(CCC(CCC)C[C@@H](C)CC2CC[C@H]3CCC(CC(=C)CC4CCC[C@H]4C)CC3C2CC)C1. The van der Waals surface area contributed by atoms with Gasteiger partial charge < -0.3 is 0 Å². The molecular weight excluding hydrogens is 456 g/mol. The maximum absolute atomic E-state index is 4.63. The van der Waals surface area contributed by atoms with Gasteiger partial charge in [0.2, 0.25) is 0 Å². The van der Waals surface area contributed by atoms with Crippen molar-refractivity contribution in [2.45, 2.75) is 156 Å². The Morgan fingerprint density at radius 3 is 2.42 bits per heavy atom. The molecule has 7 unspecified atom stereocenters. The summed E-state index contributed by atoms with van der Waals surface area (Å²) >= 11 is 0. The molecule has 0 nitrogen and oxygen atoms in total. The van der Waals surface area contributed by atoms with Crippen LogP contribution in [-0.2, 0) is 0 Å². The van der Waals surface area contributed by atoms with Gasteiger partial charge in [-0.15, -0.1) is 0 Å². The highest BCUT2D eigenvalue weighted by Gasteiger charge is 2.42. The molecule has 0 aromatic carbocycles. The minimum Gasteiger partial charge on any atom is -0.0999 e. The van der Waals surface area contributed by atoms with Crippen LogP contribution in [0.3, 0.4) is 0 Å². The molecule has 0 aromatic heterocycles. The zero-order valence-electron chi connectivity index (χ0n) is 26.3. The first-order valence-corrected chi connectivity index (χ1v) is 17.7. The predicted molar refractivity (Wildman–Crippen MR) is 168 cm³/mol. The largest absolute Gasteiger partial charge is 0.0999 e. The molecule has 0 spiro atoms. The number of allylic oxidation sites excluding steroid dienone is 2. The molecule has 4 fully saturated rings. The van der Waals surface area contributed by atoms with Gasteiger partial charge in [-0.1, -0.05) is 90.5 Å². The zero-order chi connectivity index (χ0) is 27.1. The summed E-state index contributed by atoms with van der Waals surface area (Å²) < 4.78 is 0. The molecule has 0 heteroatoms. The van der Waals surface area contributed by atoms with Gasteiger partial charge in [-0.3, -0.25) is 0 Å². The highest BCUT2D eigenvalue weighted by Crippen LogP contribution is 2.52. The van der Waals surface area contributed by atoms with Crippen molar-refractivity contribution in [1.82, 2.24) is 0 Å². The van der Waals surface area contributed by atoms with E-state index in [4.69, 9.17) is 0 Å². The average molecular weight is 523 g/mol. The van der Waals surface area contributed by atoms with Gasteiger partial charge in [-0.25, -0.2) is 0 Å². The van der Waals surface area contributed by atoms with E-state index in [-0.39, 0.29) is 0 Å². The molecule has 0 aromatic rings. The highest BCUT2D eigenvalue weighted by atomic mass is 14.5. The summed E-state index contributed by atoms with van der Waals surface area (Å²) in [5.74, 6) is 9.70. The minimum absolute atomic E-state index is 0.910. The van der Waals surface area contributed by atoms with E-state index in [0.29, 0.717) is 0 Å². The van der Waals surface area contributed by atoms with Crippen molar-refractivity contribution in [3.8, 4) is 0 Å². The molecule has 4 aliphatic rings. The minimum atomic E-state index is 0.910. The van der Waals surface area contributed by atoms with Crippen LogP contribution in [0.2, 0.25) is 0 Å². The third kappa shape index (κ3) is 8.49. The Morgan fingerprint density at radius 1 is 0.921 bits per heavy atom. The van der Waals surface area contributed by atoms with Crippen LogP contribution < -0.4 is 0 Å². The normalized spacial score (nSPS) is 37.2. The van der Waals surface area contributed by atoms with Crippen LogP contribution in [0.1, 0.15) is 156 Å². The Hall–Kier alpha value is -0.520. The van der Waals surface area contributed by atoms with Crippen molar-refractivity contribution in [2.75, 3.05) is 0 Å². The maximum Gasteiger partial charge on any atom is -0.0292 e. The van der Waals surface area contributed by atoms with Gasteiger partial charge >= 0.3 is 0 Å². The van der Waals surface area contributed by atoms with E-state index in [0.717, 1.165) is 59.2 Å². The average Bonchev–Trinajstić information content (AvgIpc) is 3.49. The van der Waals surface area contributed by atoms with E-state index in [1.807, 2.05) is 0 Å². The summed E-state index contributed by atoms with van der Waals surface area (Å²) in [5.41, 5.74) is 3.12. The fourth-order valence-corrected chi connectivity index (χ4v) is 10.4. The van der Waals surface area contributed by atoms with E-state index in [2.05, 4.69) is 40.9 Å². The van der Waals surface area contributed by atoms with Gasteiger partial charge in [0.05, 0.1) is 0 Å². The number of hydrogen-bond donors (Lipinski definition) is 0. The Morgan fingerprint density at radius 2 is 1.74 bits per heavy atom. The van der Waals surface area contributed by atoms with Crippen LogP contribution in [0.5, 0.6) is 0 Å². The Kier molecular flexibility index (Phi) is 12.0. The molecule has 0 radical (unpaired) electrons. The summed E-state index contributed by atoms with van der Waals surface area (Å²) in [6, 6.07) is 0. The van der Waals surface area contributed by atoms with Crippen LogP contribution >= 0.6 is 0 Å². The second kappa shape index (κ2) is 14.9. The van der Waals surface area contributed by atoms with Crippen LogP contribution in [0, 0.1) is 59.2 Å². The van der Waals surface area contributed by atoms with E-state index in [1.54, 1.807) is 5.57 Å². The number of rotatable bonds is 14. The molecule has 10 atom stereocenters. The fraction of sp³-hybridized carbons (Fsp3) is 0.895. The first-order chi connectivity index (χ1) is 18.4. The number of fused-ring (bicyclic) bond motifs is 1. The molecular formula is C38H66. The third-order valence-corrected chi connectivity index (χ3v) is 12.5. The Bertz CT molecular complexity index is 730. The molecule has 0 N–H and O–H groups in total. The first kappa shape index (κ1) is 30.4. The van der Waals surface area contributed by atoms with Gasteiger partial charge in [-0.05, 0) is 149 Å². The van der Waals surface area contributed by atoms with Crippen molar-refractivity contribution in [1.29, 1.82) is 0 Å². The third-order valence-electron chi connectivity index (χ3n) is 12.5. The summed E-state index contributed by atoms with van der Waals surface area (Å²) in [5, 5.41) is 0. The van der Waals surface area contributed by atoms with Crippen LogP contribution in [0.15, 0.2) is 24.3 Å². The predicted octanol–water partition coefficient (Wildman–Crippen LogP) is 12.2. The highest BCUT2D eigenvalue weighted by molar-refractivity contribution is 5.03. The van der Waals surface area contributed by atoms with E-state index < -0.39 is 0 Å². The topological polar surface area (TPSA) is 0 Å². The molecule has 0 saturated heterocycles. The molecule has 0 bridgehead atoms. The quantitative estimate of drug-likeness (QED) is 0.199. The van der Waals surface area contributed by atoms with Crippen LogP contribution in [-0.4, -0.2) is 0 Å². The van der Waals surface area contributed by atoms with Gasteiger partial charge in [-0.2, -0.15) is 0 Å². The van der Waals surface area contributed by atoms with Gasteiger partial charge in [0.25, 0.3) is 0 Å². The van der Waals surface area contributed by atoms with E-state index >= 15 is 0 Å². The zero-order valence-corrected chi connectivity index (χ0v) is 26.3. The lowest BCUT2D eigenvalue weighted by Gasteiger charge is -2.48. The molecule has 38 heavy (non-hydrogen) atoms. The maximum atomic E-state index is 4.63. The lowest BCUT2D eigenvalue weighted by molar-refractivity contribution is 0.0204. The van der Waals surface area contributed by atoms with Crippen molar-refractivity contribution >= 4 is 0 Å². The molecule has 4 aliphatic carbocycles. The summed E-state index contributed by atoms with van der Waals surface area (Å²) in [4.78, 5) is 0. The molecule has 0 aliphatic heterocycles. The summed E-state index contributed by atoms with van der Waals surface area (Å²) in [6.07, 6.45) is 28.9. The summed E-state index contributed by atoms with van der Waals surface area (Å²) in [7, 11) is 0. The van der Waals surface area contributed by atoms with Crippen molar-refractivity contribution < 1.29 is 0 Å². The lowest BCUT2D eigenvalue weighted by atomic mass is 9.57. The second-order valence-electron chi connectivity index (χ2n) is 15.5. The molecule has 218 valence electrons. The Labute approximate surface area is 239 Å². The monoisotopic (exact) mass is 523 g/mol. The van der Waals surface area contributed by atoms with Crippen molar-refractivity contribution in [3.05, 3.63) is 24.3 Å².